The lowest BCUT2D eigenvalue weighted by Gasteiger charge is -2.33. The summed E-state index contributed by atoms with van der Waals surface area (Å²) < 4.78 is 40.7. The van der Waals surface area contributed by atoms with Crippen molar-refractivity contribution in [2.45, 2.75) is 11.8 Å². The van der Waals surface area contributed by atoms with E-state index in [1.54, 1.807) is 43.6 Å². The molecule has 4 rings (SSSR count). The molecule has 8 nitrogen and oxygen atoms in total. The molecule has 0 amide bonds. The Hall–Kier alpha value is -2.30. The minimum Gasteiger partial charge on any atom is -0.449 e. The van der Waals surface area contributed by atoms with Gasteiger partial charge in [-0.1, -0.05) is 12.1 Å². The Bertz CT molecular complexity index is 975. The predicted octanol–water partition coefficient (Wildman–Crippen LogP) is 2.01. The van der Waals surface area contributed by atoms with Crippen LogP contribution in [-0.2, 0) is 10.0 Å². The van der Waals surface area contributed by atoms with E-state index in [1.807, 2.05) is 4.90 Å². The third-order valence-corrected chi connectivity index (χ3v) is 6.70. The summed E-state index contributed by atoms with van der Waals surface area (Å²) in [5.74, 6) is 1.38. The molecule has 1 aromatic carbocycles. The molecule has 0 radical (unpaired) electrons. The maximum absolute atomic E-state index is 12.9. The summed E-state index contributed by atoms with van der Waals surface area (Å²) in [5.41, 5.74) is 1.51. The zero-order valence-electron chi connectivity index (χ0n) is 14.1. The van der Waals surface area contributed by atoms with Crippen LogP contribution in [-0.4, -0.2) is 52.6 Å². The molecular weight excluding hydrogens is 374 g/mol. The quantitative estimate of drug-likeness (QED) is 0.672. The second-order valence-corrected chi connectivity index (χ2v) is 8.43. The third-order valence-electron chi connectivity index (χ3n) is 4.32. The van der Waals surface area contributed by atoms with Crippen LogP contribution in [0.2, 0.25) is 0 Å². The Morgan fingerprint density at radius 1 is 1.12 bits per heavy atom. The van der Waals surface area contributed by atoms with E-state index in [1.165, 1.54) is 4.31 Å². The lowest BCUT2D eigenvalue weighted by Crippen LogP contribution is -2.48. The fourth-order valence-electron chi connectivity index (χ4n) is 2.90. The second-order valence-electron chi connectivity index (χ2n) is 5.93. The van der Waals surface area contributed by atoms with Crippen LogP contribution in [0.25, 0.3) is 11.3 Å². The zero-order valence-corrected chi connectivity index (χ0v) is 15.7. The van der Waals surface area contributed by atoms with Gasteiger partial charge in [0.05, 0.1) is 22.8 Å². The van der Waals surface area contributed by atoms with Crippen LogP contribution in [0.15, 0.2) is 46.0 Å². The molecule has 3 heterocycles. The predicted molar refractivity (Wildman–Crippen MR) is 97.6 cm³/mol. The Balaban J connectivity index is 1.48. The molecule has 26 heavy (non-hydrogen) atoms. The van der Waals surface area contributed by atoms with Crippen molar-refractivity contribution in [2.24, 2.45) is 0 Å². The SMILES string of the molecule is Cc1nc(-c2ccc(S(=O)(=O)N3CCN(c4cnsn4)CC3)cc2)co1. The molecule has 2 aromatic heterocycles. The van der Waals surface area contributed by atoms with Crippen LogP contribution < -0.4 is 4.90 Å². The average molecular weight is 391 g/mol. The van der Waals surface area contributed by atoms with Gasteiger partial charge in [-0.15, -0.1) is 0 Å². The highest BCUT2D eigenvalue weighted by molar-refractivity contribution is 7.89. The molecule has 1 aliphatic rings. The molecule has 0 atom stereocenters. The monoisotopic (exact) mass is 391 g/mol. The van der Waals surface area contributed by atoms with Crippen molar-refractivity contribution in [1.29, 1.82) is 0 Å². The highest BCUT2D eigenvalue weighted by Gasteiger charge is 2.29. The average Bonchev–Trinajstić information content (AvgIpc) is 3.34. The molecular formula is C16H17N5O3S2. The van der Waals surface area contributed by atoms with Gasteiger partial charge in [0.25, 0.3) is 0 Å². The van der Waals surface area contributed by atoms with Crippen molar-refractivity contribution in [3.8, 4) is 11.3 Å². The third kappa shape index (κ3) is 3.22. The van der Waals surface area contributed by atoms with Crippen LogP contribution in [0.3, 0.4) is 0 Å². The van der Waals surface area contributed by atoms with Gasteiger partial charge < -0.3 is 9.32 Å². The number of rotatable bonds is 4. The van der Waals surface area contributed by atoms with E-state index in [-0.39, 0.29) is 4.90 Å². The van der Waals surface area contributed by atoms with Crippen molar-refractivity contribution < 1.29 is 12.8 Å². The van der Waals surface area contributed by atoms with Gasteiger partial charge in [0, 0.05) is 38.7 Å². The number of nitrogens with zero attached hydrogens (tertiary/aromatic N) is 5. The van der Waals surface area contributed by atoms with E-state index in [0.29, 0.717) is 37.8 Å². The van der Waals surface area contributed by atoms with E-state index < -0.39 is 10.0 Å². The van der Waals surface area contributed by atoms with E-state index in [2.05, 4.69) is 13.7 Å². The lowest BCUT2D eigenvalue weighted by atomic mass is 10.2. The Kier molecular flexibility index (Phi) is 4.47. The van der Waals surface area contributed by atoms with Crippen molar-refractivity contribution in [2.75, 3.05) is 31.1 Å². The summed E-state index contributed by atoms with van der Waals surface area (Å²) in [6, 6.07) is 6.74. The Morgan fingerprint density at radius 3 is 2.42 bits per heavy atom. The fraction of sp³-hybridized carbons (Fsp3) is 0.312. The number of hydrogen-bond donors (Lipinski definition) is 0. The molecule has 1 saturated heterocycles. The van der Waals surface area contributed by atoms with Crippen LogP contribution in [0.5, 0.6) is 0 Å². The van der Waals surface area contributed by atoms with Gasteiger partial charge in [-0.25, -0.2) is 13.4 Å². The summed E-state index contributed by atoms with van der Waals surface area (Å²) in [5, 5.41) is 0. The van der Waals surface area contributed by atoms with E-state index in [0.717, 1.165) is 23.1 Å². The minimum atomic E-state index is -3.52. The van der Waals surface area contributed by atoms with Gasteiger partial charge >= 0.3 is 0 Å². The maximum Gasteiger partial charge on any atom is 0.243 e. The normalized spacial score (nSPS) is 16.1. The second kappa shape index (κ2) is 6.78. The zero-order chi connectivity index (χ0) is 18.1. The number of aryl methyl sites for hydroxylation is 1. The molecule has 1 fully saturated rings. The maximum atomic E-state index is 12.9. The van der Waals surface area contributed by atoms with Crippen molar-refractivity contribution in [3.05, 3.63) is 42.6 Å². The van der Waals surface area contributed by atoms with E-state index in [4.69, 9.17) is 4.42 Å². The van der Waals surface area contributed by atoms with Crippen LogP contribution in [0.1, 0.15) is 5.89 Å². The summed E-state index contributed by atoms with van der Waals surface area (Å²) >= 11 is 1.15. The molecule has 3 aromatic rings. The number of benzene rings is 1. The Morgan fingerprint density at radius 2 is 1.85 bits per heavy atom. The van der Waals surface area contributed by atoms with Gasteiger partial charge in [0.2, 0.25) is 10.0 Å². The van der Waals surface area contributed by atoms with E-state index in [9.17, 15) is 8.42 Å². The molecule has 0 aliphatic carbocycles. The largest absolute Gasteiger partial charge is 0.449 e. The first-order valence-electron chi connectivity index (χ1n) is 8.09. The topological polar surface area (TPSA) is 92.4 Å². The smallest absolute Gasteiger partial charge is 0.243 e. The molecule has 0 spiro atoms. The summed E-state index contributed by atoms with van der Waals surface area (Å²) in [4.78, 5) is 6.58. The highest BCUT2D eigenvalue weighted by atomic mass is 32.2. The highest BCUT2D eigenvalue weighted by Crippen LogP contribution is 2.24. The first-order valence-corrected chi connectivity index (χ1v) is 10.3. The number of aromatic nitrogens is 3. The lowest BCUT2D eigenvalue weighted by molar-refractivity contribution is 0.384. The molecule has 0 saturated carbocycles. The first-order chi connectivity index (χ1) is 12.5. The minimum absolute atomic E-state index is 0.283. The van der Waals surface area contributed by atoms with Gasteiger partial charge in [-0.3, -0.25) is 0 Å². The molecule has 136 valence electrons. The number of hydrogen-bond acceptors (Lipinski definition) is 8. The molecule has 10 heteroatoms. The van der Waals surface area contributed by atoms with Crippen molar-refractivity contribution >= 4 is 27.6 Å². The fourth-order valence-corrected chi connectivity index (χ4v) is 4.76. The number of piperazine rings is 1. The number of anilines is 1. The van der Waals surface area contributed by atoms with Crippen molar-refractivity contribution in [3.63, 3.8) is 0 Å². The van der Waals surface area contributed by atoms with Crippen LogP contribution in [0, 0.1) is 6.92 Å². The van der Waals surface area contributed by atoms with Crippen LogP contribution >= 0.6 is 11.7 Å². The summed E-state index contributed by atoms with van der Waals surface area (Å²) in [6.07, 6.45) is 3.27. The number of sulfonamides is 1. The molecule has 0 bridgehead atoms. The van der Waals surface area contributed by atoms with Gasteiger partial charge in [0.1, 0.15) is 12.0 Å². The summed E-state index contributed by atoms with van der Waals surface area (Å²) in [7, 11) is -3.52. The molecule has 0 unspecified atom stereocenters. The standard InChI is InChI=1S/C16H17N5O3S2/c1-12-18-15(11-24-12)13-2-4-14(5-3-13)26(22,23)21-8-6-20(7-9-21)16-10-17-25-19-16/h2-5,10-11H,6-9H2,1H3. The summed E-state index contributed by atoms with van der Waals surface area (Å²) in [6.45, 7) is 3.81. The Labute approximate surface area is 155 Å². The van der Waals surface area contributed by atoms with Gasteiger partial charge in [0.15, 0.2) is 11.7 Å². The van der Waals surface area contributed by atoms with E-state index >= 15 is 0 Å². The first kappa shape index (κ1) is 17.1. The van der Waals surface area contributed by atoms with Gasteiger partial charge in [-0.2, -0.15) is 13.1 Å². The molecule has 1 aliphatic heterocycles. The van der Waals surface area contributed by atoms with Crippen molar-refractivity contribution in [1.82, 2.24) is 18.0 Å². The number of oxazole rings is 1. The van der Waals surface area contributed by atoms with Gasteiger partial charge in [-0.05, 0) is 12.1 Å². The molecule has 0 N–H and O–H groups in total. The van der Waals surface area contributed by atoms with Crippen LogP contribution in [0.4, 0.5) is 5.82 Å².